The molecule has 2 aromatic rings. The van der Waals surface area contributed by atoms with Crippen LogP contribution in [-0.2, 0) is 14.4 Å². The summed E-state index contributed by atoms with van der Waals surface area (Å²) in [6, 6.07) is 3.82. The topological polar surface area (TPSA) is 106 Å². The highest BCUT2D eigenvalue weighted by molar-refractivity contribution is 6.43. The van der Waals surface area contributed by atoms with Gasteiger partial charge in [-0.3, -0.25) is 19.4 Å². The zero-order valence-corrected chi connectivity index (χ0v) is 18.5. The Hall–Kier alpha value is -3.68. The number of Topliss-reactive ketones (excluding diaryl/α,β-unsaturated/α-hetero) is 2. The lowest BCUT2D eigenvalue weighted by atomic mass is 9.87. The average Bonchev–Trinajstić information content (AvgIpc) is 3.38. The number of carbonyl (C=O) groups excluding carboxylic acids is 3. The van der Waals surface area contributed by atoms with Crippen LogP contribution < -0.4 is 5.32 Å². The third-order valence-corrected chi connectivity index (χ3v) is 5.65. The average molecular weight is 434 g/mol. The van der Waals surface area contributed by atoms with E-state index < -0.39 is 11.8 Å². The third-order valence-electron chi connectivity index (χ3n) is 5.65. The third kappa shape index (κ3) is 4.80. The highest BCUT2D eigenvalue weighted by Gasteiger charge is 2.42. The SMILES string of the molecule is C=C/C=C\C(=NC)C(=O)NCCC1CC(=O)C(c2c(C)cc(-n3ccnn3)cc2C)C1=O. The maximum Gasteiger partial charge on any atom is 0.269 e. The van der Waals surface area contributed by atoms with Crippen molar-refractivity contribution in [2.45, 2.75) is 32.6 Å². The molecule has 0 aliphatic heterocycles. The predicted octanol–water partition coefficient (Wildman–Crippen LogP) is 2.45. The summed E-state index contributed by atoms with van der Waals surface area (Å²) in [5, 5.41) is 10.6. The number of aromatic nitrogens is 3. The molecule has 166 valence electrons. The number of carbonyl (C=O) groups is 3. The monoisotopic (exact) mass is 433 g/mol. The first-order valence-corrected chi connectivity index (χ1v) is 10.5. The van der Waals surface area contributed by atoms with E-state index in [1.807, 2.05) is 26.0 Å². The van der Waals surface area contributed by atoms with Crippen LogP contribution in [0.5, 0.6) is 0 Å². The van der Waals surface area contributed by atoms with Crippen LogP contribution in [0.1, 0.15) is 35.4 Å². The maximum atomic E-state index is 13.1. The number of nitrogens with one attached hydrogen (secondary N) is 1. The van der Waals surface area contributed by atoms with Gasteiger partial charge in [-0.05, 0) is 55.2 Å². The van der Waals surface area contributed by atoms with E-state index in [-0.39, 0.29) is 29.6 Å². The molecule has 8 nitrogen and oxygen atoms in total. The van der Waals surface area contributed by atoms with Crippen LogP contribution >= 0.6 is 0 Å². The van der Waals surface area contributed by atoms with Gasteiger partial charge in [-0.15, -0.1) is 5.10 Å². The fourth-order valence-corrected chi connectivity index (χ4v) is 4.15. The van der Waals surface area contributed by atoms with Crippen LogP contribution in [0.3, 0.4) is 0 Å². The molecule has 1 aliphatic carbocycles. The first-order chi connectivity index (χ1) is 15.4. The highest BCUT2D eigenvalue weighted by atomic mass is 16.2. The summed E-state index contributed by atoms with van der Waals surface area (Å²) in [7, 11) is 1.53. The Morgan fingerprint density at radius 1 is 1.31 bits per heavy atom. The molecule has 1 aromatic heterocycles. The Bertz CT molecular complexity index is 1080. The van der Waals surface area contributed by atoms with Crippen molar-refractivity contribution in [3.8, 4) is 5.69 Å². The van der Waals surface area contributed by atoms with E-state index >= 15 is 0 Å². The van der Waals surface area contributed by atoms with E-state index in [1.54, 1.807) is 35.3 Å². The number of nitrogens with zero attached hydrogens (tertiary/aromatic N) is 4. The van der Waals surface area contributed by atoms with Gasteiger partial charge in [-0.25, -0.2) is 4.68 Å². The molecule has 2 atom stereocenters. The Morgan fingerprint density at radius 3 is 2.62 bits per heavy atom. The summed E-state index contributed by atoms with van der Waals surface area (Å²) >= 11 is 0. The second-order valence-corrected chi connectivity index (χ2v) is 7.79. The molecular formula is C24H27N5O3. The van der Waals surface area contributed by atoms with Crippen molar-refractivity contribution >= 4 is 23.2 Å². The van der Waals surface area contributed by atoms with E-state index in [0.29, 0.717) is 13.0 Å². The van der Waals surface area contributed by atoms with Crippen molar-refractivity contribution in [2.24, 2.45) is 10.9 Å². The Labute approximate surface area is 187 Å². The molecular weight excluding hydrogens is 406 g/mol. The maximum absolute atomic E-state index is 13.1. The molecule has 0 bridgehead atoms. The molecule has 1 amide bonds. The van der Waals surface area contributed by atoms with Gasteiger partial charge < -0.3 is 5.32 Å². The lowest BCUT2D eigenvalue weighted by Gasteiger charge is -2.17. The largest absolute Gasteiger partial charge is 0.351 e. The Kier molecular flexibility index (Phi) is 7.25. The van der Waals surface area contributed by atoms with Crippen LogP contribution in [-0.4, -0.2) is 51.8 Å². The molecule has 0 saturated heterocycles. The van der Waals surface area contributed by atoms with E-state index in [9.17, 15) is 14.4 Å². The molecule has 0 radical (unpaired) electrons. The number of allylic oxidation sites excluding steroid dienone is 2. The minimum atomic E-state index is -0.760. The normalized spacial score (nSPS) is 19.0. The minimum absolute atomic E-state index is 0.0734. The van der Waals surface area contributed by atoms with Gasteiger partial charge in [0.1, 0.15) is 17.4 Å². The number of rotatable bonds is 8. The number of amides is 1. The zero-order valence-electron chi connectivity index (χ0n) is 18.5. The van der Waals surface area contributed by atoms with Crippen molar-refractivity contribution in [2.75, 3.05) is 13.6 Å². The summed E-state index contributed by atoms with van der Waals surface area (Å²) in [6.07, 6.45) is 8.69. The molecule has 1 fully saturated rings. The van der Waals surface area contributed by atoms with Crippen LogP contribution in [0.4, 0.5) is 0 Å². The molecule has 0 spiro atoms. The molecule has 1 aliphatic rings. The van der Waals surface area contributed by atoms with E-state index in [2.05, 4.69) is 27.2 Å². The van der Waals surface area contributed by atoms with Crippen molar-refractivity contribution in [3.05, 3.63) is 66.0 Å². The van der Waals surface area contributed by atoms with E-state index in [1.165, 1.54) is 7.05 Å². The Morgan fingerprint density at radius 2 is 2.03 bits per heavy atom. The van der Waals surface area contributed by atoms with Gasteiger partial charge in [0.2, 0.25) is 0 Å². The second kappa shape index (κ2) is 10.1. The number of ketones is 2. The van der Waals surface area contributed by atoms with Gasteiger partial charge in [0.05, 0.1) is 18.1 Å². The summed E-state index contributed by atoms with van der Waals surface area (Å²) in [5.41, 5.74) is 3.61. The van der Waals surface area contributed by atoms with E-state index in [4.69, 9.17) is 0 Å². The lowest BCUT2D eigenvalue weighted by Crippen LogP contribution is -2.32. The summed E-state index contributed by atoms with van der Waals surface area (Å²) < 4.78 is 1.64. The number of hydrogen-bond acceptors (Lipinski definition) is 6. The lowest BCUT2D eigenvalue weighted by molar-refractivity contribution is -0.125. The van der Waals surface area contributed by atoms with Gasteiger partial charge in [-0.2, -0.15) is 0 Å². The first kappa shape index (κ1) is 23.0. The number of aliphatic imine (C=N–C) groups is 1. The fourth-order valence-electron chi connectivity index (χ4n) is 4.15. The predicted molar refractivity (Wildman–Crippen MR) is 122 cm³/mol. The second-order valence-electron chi connectivity index (χ2n) is 7.79. The molecule has 32 heavy (non-hydrogen) atoms. The van der Waals surface area contributed by atoms with Crippen LogP contribution in [0.15, 0.2) is 54.3 Å². The van der Waals surface area contributed by atoms with Crippen molar-refractivity contribution in [1.29, 1.82) is 0 Å². The van der Waals surface area contributed by atoms with E-state index in [0.717, 1.165) is 22.4 Å². The molecule has 8 heteroatoms. The number of aryl methyl sites for hydroxylation is 2. The molecule has 2 unspecified atom stereocenters. The Balaban J connectivity index is 1.69. The minimum Gasteiger partial charge on any atom is -0.351 e. The van der Waals surface area contributed by atoms with Gasteiger partial charge in [-0.1, -0.05) is 23.9 Å². The molecule has 1 saturated carbocycles. The van der Waals surface area contributed by atoms with Gasteiger partial charge in [0.25, 0.3) is 5.91 Å². The smallest absolute Gasteiger partial charge is 0.269 e. The van der Waals surface area contributed by atoms with Gasteiger partial charge in [0, 0.05) is 25.9 Å². The van der Waals surface area contributed by atoms with Crippen LogP contribution in [0.25, 0.3) is 5.69 Å². The molecule has 1 aromatic carbocycles. The molecule has 3 rings (SSSR count). The number of hydrogen-bond donors (Lipinski definition) is 1. The quantitative estimate of drug-likeness (QED) is 0.391. The van der Waals surface area contributed by atoms with Crippen LogP contribution in [0.2, 0.25) is 0 Å². The van der Waals surface area contributed by atoms with Crippen LogP contribution in [0, 0.1) is 19.8 Å². The van der Waals surface area contributed by atoms with Crippen molar-refractivity contribution in [3.63, 3.8) is 0 Å². The van der Waals surface area contributed by atoms with Gasteiger partial charge >= 0.3 is 0 Å². The number of benzene rings is 1. The zero-order chi connectivity index (χ0) is 23.3. The van der Waals surface area contributed by atoms with Crippen molar-refractivity contribution in [1.82, 2.24) is 20.3 Å². The molecule has 1 N–H and O–H groups in total. The summed E-state index contributed by atoms with van der Waals surface area (Å²) in [5.74, 6) is -1.65. The first-order valence-electron chi connectivity index (χ1n) is 10.5. The fraction of sp³-hybridized carbons (Fsp3) is 0.333. The van der Waals surface area contributed by atoms with Gasteiger partial charge in [0.15, 0.2) is 5.78 Å². The highest BCUT2D eigenvalue weighted by Crippen LogP contribution is 2.37. The summed E-state index contributed by atoms with van der Waals surface area (Å²) in [4.78, 5) is 42.1. The summed E-state index contributed by atoms with van der Waals surface area (Å²) in [6.45, 7) is 7.66. The van der Waals surface area contributed by atoms with Crippen molar-refractivity contribution < 1.29 is 14.4 Å². The molecule has 1 heterocycles. The standard InChI is InChI=1S/C24H27N5O3/c1-5-6-7-19(25-4)24(32)26-9-8-17-14-20(30)22(23(17)31)21-15(2)12-18(13-16(21)3)29-11-10-27-28-29/h5-7,10-13,17,22H,1,8-9,14H2,2-4H3,(H,26,32)/b7-6-,25-19?.